The molecule has 2 amide bonds. The first-order valence-electron chi connectivity index (χ1n) is 11.0. The van der Waals surface area contributed by atoms with Crippen molar-refractivity contribution in [2.45, 2.75) is 26.9 Å². The molecule has 0 unspecified atom stereocenters. The van der Waals surface area contributed by atoms with Crippen molar-refractivity contribution < 1.29 is 18.9 Å². The topological polar surface area (TPSA) is 130 Å². The lowest BCUT2D eigenvalue weighted by Crippen LogP contribution is -2.41. The predicted molar refractivity (Wildman–Crippen MR) is 132 cm³/mol. The third kappa shape index (κ3) is 6.81. The fourth-order valence-electron chi connectivity index (χ4n) is 3.31. The van der Waals surface area contributed by atoms with Crippen LogP contribution in [0.2, 0.25) is 5.02 Å². The molecule has 0 spiro atoms. The lowest BCUT2D eigenvalue weighted by molar-refractivity contribution is -0.384. The molecular formula is C24H26ClN5O5. The van der Waals surface area contributed by atoms with E-state index in [0.29, 0.717) is 17.3 Å². The Morgan fingerprint density at radius 3 is 2.43 bits per heavy atom. The van der Waals surface area contributed by atoms with Gasteiger partial charge in [-0.1, -0.05) is 43.6 Å². The van der Waals surface area contributed by atoms with E-state index in [1.807, 2.05) is 19.9 Å². The highest BCUT2D eigenvalue weighted by atomic mass is 35.5. The number of nitro benzene ring substituents is 1. The molecule has 10 nitrogen and oxygen atoms in total. The maximum absolute atomic E-state index is 12.5. The summed E-state index contributed by atoms with van der Waals surface area (Å²) < 4.78 is 5.54. The number of benzene rings is 2. The van der Waals surface area contributed by atoms with Gasteiger partial charge in [-0.25, -0.2) is 0 Å². The number of halogens is 1. The number of hydrazine groups is 1. The molecule has 35 heavy (non-hydrogen) atoms. The molecule has 0 saturated carbocycles. The largest absolute Gasteiger partial charge is 0.454 e. The van der Waals surface area contributed by atoms with Gasteiger partial charge >= 0.3 is 5.91 Å². The fourth-order valence-corrected chi connectivity index (χ4v) is 3.51. The Morgan fingerprint density at radius 1 is 1.03 bits per heavy atom. The van der Waals surface area contributed by atoms with E-state index < -0.39 is 16.7 Å². The first kappa shape index (κ1) is 25.7. The molecule has 0 saturated heterocycles. The third-order valence-corrected chi connectivity index (χ3v) is 5.70. The van der Waals surface area contributed by atoms with Crippen LogP contribution < -0.4 is 16.2 Å². The molecule has 1 aromatic heterocycles. The zero-order chi connectivity index (χ0) is 25.4. The number of rotatable bonds is 10. The third-order valence-electron chi connectivity index (χ3n) is 5.33. The molecule has 0 aliphatic heterocycles. The molecule has 0 fully saturated rings. The summed E-state index contributed by atoms with van der Waals surface area (Å²) in [7, 11) is 0. The Hall–Kier alpha value is -3.89. The van der Waals surface area contributed by atoms with Gasteiger partial charge < -0.3 is 9.73 Å². The number of nitro groups is 1. The summed E-state index contributed by atoms with van der Waals surface area (Å²) in [5.41, 5.74) is 5.22. The van der Waals surface area contributed by atoms with Gasteiger partial charge in [0.2, 0.25) is 0 Å². The minimum Gasteiger partial charge on any atom is -0.454 e. The van der Waals surface area contributed by atoms with E-state index in [1.54, 1.807) is 24.3 Å². The van der Waals surface area contributed by atoms with Crippen LogP contribution >= 0.6 is 11.6 Å². The number of anilines is 1. The zero-order valence-corrected chi connectivity index (χ0v) is 20.1. The number of carbonyl (C=O) groups excluding carboxylic acids is 2. The number of hydrogen-bond acceptors (Lipinski definition) is 7. The van der Waals surface area contributed by atoms with Gasteiger partial charge in [-0.3, -0.25) is 35.5 Å². The van der Waals surface area contributed by atoms with Crippen LogP contribution in [0.5, 0.6) is 0 Å². The Kier molecular flexibility index (Phi) is 8.82. The van der Waals surface area contributed by atoms with Crippen molar-refractivity contribution in [3.63, 3.8) is 0 Å². The molecule has 0 atom stereocenters. The Bertz CT molecular complexity index is 1210. The number of carbonyl (C=O) groups is 2. The van der Waals surface area contributed by atoms with E-state index in [1.165, 1.54) is 18.2 Å². The van der Waals surface area contributed by atoms with E-state index in [2.05, 4.69) is 21.1 Å². The SMILES string of the molecule is CCN(CC)Cc1ccc(C(=O)NNC(=O)c2ccc(NCc3ccccc3Cl)c([N+](=O)[O-])c2)o1. The summed E-state index contributed by atoms with van der Waals surface area (Å²) in [4.78, 5) is 37.9. The average Bonchev–Trinajstić information content (AvgIpc) is 3.33. The van der Waals surface area contributed by atoms with Crippen molar-refractivity contribution in [3.05, 3.63) is 92.4 Å². The molecule has 2 aromatic carbocycles. The monoisotopic (exact) mass is 499 g/mol. The minimum absolute atomic E-state index is 0.00182. The lowest BCUT2D eigenvalue weighted by atomic mass is 10.1. The van der Waals surface area contributed by atoms with Gasteiger partial charge in [0, 0.05) is 23.2 Å². The molecule has 3 N–H and O–H groups in total. The van der Waals surface area contributed by atoms with Crippen molar-refractivity contribution in [1.82, 2.24) is 15.8 Å². The maximum atomic E-state index is 12.5. The molecule has 3 aromatic rings. The molecule has 3 rings (SSSR count). The highest BCUT2D eigenvalue weighted by Gasteiger charge is 2.19. The summed E-state index contributed by atoms with van der Waals surface area (Å²) in [6, 6.07) is 14.3. The number of nitrogens with one attached hydrogen (secondary N) is 3. The van der Waals surface area contributed by atoms with Gasteiger partial charge in [0.05, 0.1) is 11.5 Å². The standard InChI is InChI=1S/C24H26ClN5O5/c1-3-29(4-2)15-18-10-12-22(35-18)24(32)28-27-23(31)16-9-11-20(21(13-16)30(33)34)26-14-17-7-5-6-8-19(17)25/h5-13,26H,3-4,14-15H2,1-2H3,(H,27,31)(H,28,32). The van der Waals surface area contributed by atoms with Gasteiger partial charge in [0.15, 0.2) is 5.76 Å². The smallest absolute Gasteiger partial charge is 0.305 e. The lowest BCUT2D eigenvalue weighted by Gasteiger charge is -2.15. The number of furan rings is 1. The second-order valence-electron chi connectivity index (χ2n) is 7.57. The van der Waals surface area contributed by atoms with Crippen LogP contribution in [0.3, 0.4) is 0 Å². The van der Waals surface area contributed by atoms with Gasteiger partial charge in [0.25, 0.3) is 11.6 Å². The predicted octanol–water partition coefficient (Wildman–Crippen LogP) is 4.37. The van der Waals surface area contributed by atoms with E-state index >= 15 is 0 Å². The molecule has 11 heteroatoms. The Labute approximate surface area is 207 Å². The summed E-state index contributed by atoms with van der Waals surface area (Å²) in [5.74, 6) is -0.691. The van der Waals surface area contributed by atoms with Crippen LogP contribution in [0, 0.1) is 10.1 Å². The molecule has 0 bridgehead atoms. The second-order valence-corrected chi connectivity index (χ2v) is 7.98. The van der Waals surface area contributed by atoms with Crippen molar-refractivity contribution in [1.29, 1.82) is 0 Å². The second kappa shape index (κ2) is 12.0. The molecular weight excluding hydrogens is 474 g/mol. The van der Waals surface area contributed by atoms with Crippen LogP contribution in [0.25, 0.3) is 0 Å². The van der Waals surface area contributed by atoms with Crippen molar-refractivity contribution in [3.8, 4) is 0 Å². The van der Waals surface area contributed by atoms with Gasteiger partial charge in [-0.15, -0.1) is 0 Å². The van der Waals surface area contributed by atoms with Gasteiger partial charge in [0.1, 0.15) is 11.4 Å². The van der Waals surface area contributed by atoms with Crippen LogP contribution in [-0.4, -0.2) is 34.7 Å². The van der Waals surface area contributed by atoms with Crippen LogP contribution in [0.15, 0.2) is 59.0 Å². The zero-order valence-electron chi connectivity index (χ0n) is 19.3. The molecule has 0 radical (unpaired) electrons. The van der Waals surface area contributed by atoms with E-state index in [-0.39, 0.29) is 29.2 Å². The maximum Gasteiger partial charge on any atom is 0.305 e. The molecule has 0 aliphatic rings. The van der Waals surface area contributed by atoms with Crippen molar-refractivity contribution >= 4 is 34.8 Å². The van der Waals surface area contributed by atoms with Gasteiger partial charge in [-0.05, 0) is 49.0 Å². The highest BCUT2D eigenvalue weighted by Crippen LogP contribution is 2.27. The van der Waals surface area contributed by atoms with Crippen molar-refractivity contribution in [2.24, 2.45) is 0 Å². The Balaban J connectivity index is 1.62. The number of nitrogens with zero attached hydrogens (tertiary/aromatic N) is 2. The Morgan fingerprint density at radius 2 is 1.74 bits per heavy atom. The van der Waals surface area contributed by atoms with Crippen LogP contribution in [0.4, 0.5) is 11.4 Å². The van der Waals surface area contributed by atoms with E-state index in [9.17, 15) is 19.7 Å². The normalized spacial score (nSPS) is 10.7. The van der Waals surface area contributed by atoms with Gasteiger partial charge in [-0.2, -0.15) is 0 Å². The average molecular weight is 500 g/mol. The van der Waals surface area contributed by atoms with Crippen molar-refractivity contribution in [2.75, 3.05) is 18.4 Å². The highest BCUT2D eigenvalue weighted by molar-refractivity contribution is 6.31. The quantitative estimate of drug-likeness (QED) is 0.279. The van der Waals surface area contributed by atoms with E-state index in [4.69, 9.17) is 16.0 Å². The molecule has 0 aliphatic carbocycles. The summed E-state index contributed by atoms with van der Waals surface area (Å²) >= 11 is 6.13. The summed E-state index contributed by atoms with van der Waals surface area (Å²) in [6.07, 6.45) is 0. The minimum atomic E-state index is -0.714. The van der Waals surface area contributed by atoms with E-state index in [0.717, 1.165) is 24.7 Å². The summed E-state index contributed by atoms with van der Waals surface area (Å²) in [5, 5.41) is 15.1. The summed E-state index contributed by atoms with van der Waals surface area (Å²) in [6.45, 7) is 6.57. The van der Waals surface area contributed by atoms with Crippen LogP contribution in [-0.2, 0) is 13.1 Å². The number of amides is 2. The van der Waals surface area contributed by atoms with Crippen LogP contribution in [0.1, 0.15) is 46.1 Å². The molecule has 1 heterocycles. The first-order chi connectivity index (χ1) is 16.8. The molecule has 184 valence electrons. The fraction of sp³-hybridized carbons (Fsp3) is 0.250. The first-order valence-corrected chi connectivity index (χ1v) is 11.4. The number of hydrogen-bond donors (Lipinski definition) is 3.